The van der Waals surface area contributed by atoms with Crippen molar-refractivity contribution >= 4 is 24.0 Å². The van der Waals surface area contributed by atoms with Crippen LogP contribution in [0.15, 0.2) is 6.33 Å². The third kappa shape index (κ3) is 2.34. The summed E-state index contributed by atoms with van der Waals surface area (Å²) in [7, 11) is 0. The predicted molar refractivity (Wildman–Crippen MR) is 47.2 cm³/mol. The number of aromatic nitrogens is 3. The Labute approximate surface area is 77.2 Å². The molecule has 0 aliphatic carbocycles. The first-order valence-corrected chi connectivity index (χ1v) is 3.73. The average molecular weight is 196 g/mol. The highest BCUT2D eigenvalue weighted by atomic mass is 35.5. The Balaban J connectivity index is 0.000001000. The van der Waals surface area contributed by atoms with Crippen molar-refractivity contribution in [1.82, 2.24) is 14.8 Å². The summed E-state index contributed by atoms with van der Waals surface area (Å²) in [6.45, 7) is 4.09. The van der Waals surface area contributed by atoms with E-state index in [0.29, 0.717) is 11.9 Å². The molecular weight excluding hydrogens is 185 g/mol. The zero-order valence-corrected chi connectivity index (χ0v) is 8.06. The Bertz CT molecular complexity index is 209. The van der Waals surface area contributed by atoms with E-state index in [1.54, 1.807) is 0 Å². The van der Waals surface area contributed by atoms with Gasteiger partial charge in [0.25, 0.3) is 0 Å². The van der Waals surface area contributed by atoms with Gasteiger partial charge in [-0.3, -0.25) is 0 Å². The van der Waals surface area contributed by atoms with Gasteiger partial charge >= 0.3 is 0 Å². The first-order valence-electron chi connectivity index (χ1n) is 3.20. The molecule has 0 atom stereocenters. The van der Waals surface area contributed by atoms with Crippen molar-refractivity contribution < 1.29 is 0 Å². The second kappa shape index (κ2) is 4.57. The minimum absolute atomic E-state index is 0. The maximum atomic E-state index is 5.59. The lowest BCUT2D eigenvalue weighted by atomic mass is 10.4. The van der Waals surface area contributed by atoms with Gasteiger partial charge in [0.15, 0.2) is 0 Å². The van der Waals surface area contributed by atoms with Gasteiger partial charge in [-0.2, -0.15) is 5.10 Å². The SMILES string of the molecule is CC(C)n1ncnc1CCl.Cl. The molecule has 0 saturated heterocycles. The molecule has 0 radical (unpaired) electrons. The largest absolute Gasteiger partial charge is 0.246 e. The Morgan fingerprint density at radius 1 is 1.64 bits per heavy atom. The lowest BCUT2D eigenvalue weighted by molar-refractivity contribution is 0.514. The van der Waals surface area contributed by atoms with Gasteiger partial charge in [-0.15, -0.1) is 24.0 Å². The second-order valence-electron chi connectivity index (χ2n) is 2.35. The van der Waals surface area contributed by atoms with Gasteiger partial charge in [0.05, 0.1) is 5.88 Å². The molecule has 64 valence electrons. The maximum Gasteiger partial charge on any atom is 0.142 e. The molecule has 0 aliphatic heterocycles. The lowest BCUT2D eigenvalue weighted by Crippen LogP contribution is -2.06. The van der Waals surface area contributed by atoms with Gasteiger partial charge < -0.3 is 0 Å². The number of halogens is 2. The highest BCUT2D eigenvalue weighted by molar-refractivity contribution is 6.16. The maximum absolute atomic E-state index is 5.59. The summed E-state index contributed by atoms with van der Waals surface area (Å²) in [5, 5.41) is 4.01. The second-order valence-corrected chi connectivity index (χ2v) is 2.62. The van der Waals surface area contributed by atoms with Crippen LogP contribution in [0.1, 0.15) is 25.7 Å². The van der Waals surface area contributed by atoms with Gasteiger partial charge in [0, 0.05) is 6.04 Å². The molecule has 0 fully saturated rings. The van der Waals surface area contributed by atoms with Gasteiger partial charge in [-0.25, -0.2) is 9.67 Å². The van der Waals surface area contributed by atoms with Crippen molar-refractivity contribution in [3.8, 4) is 0 Å². The molecule has 0 N–H and O–H groups in total. The fourth-order valence-corrected chi connectivity index (χ4v) is 0.992. The molecule has 1 rings (SSSR count). The van der Waals surface area contributed by atoms with E-state index >= 15 is 0 Å². The van der Waals surface area contributed by atoms with Crippen LogP contribution in [-0.4, -0.2) is 14.8 Å². The van der Waals surface area contributed by atoms with Crippen LogP contribution in [0.3, 0.4) is 0 Å². The Kier molecular flexibility index (Phi) is 4.45. The Morgan fingerprint density at radius 2 is 2.27 bits per heavy atom. The minimum atomic E-state index is 0. The zero-order valence-electron chi connectivity index (χ0n) is 6.49. The third-order valence-corrected chi connectivity index (χ3v) is 1.49. The molecule has 1 heterocycles. The van der Waals surface area contributed by atoms with Crippen LogP contribution in [0.5, 0.6) is 0 Å². The number of rotatable bonds is 2. The third-order valence-electron chi connectivity index (χ3n) is 1.26. The summed E-state index contributed by atoms with van der Waals surface area (Å²) < 4.78 is 1.81. The number of alkyl halides is 1. The summed E-state index contributed by atoms with van der Waals surface area (Å²) in [5.41, 5.74) is 0. The summed E-state index contributed by atoms with van der Waals surface area (Å²) in [5.74, 6) is 1.26. The van der Waals surface area contributed by atoms with E-state index in [-0.39, 0.29) is 12.4 Å². The number of hydrogen-bond acceptors (Lipinski definition) is 2. The van der Waals surface area contributed by atoms with Gasteiger partial charge in [0.1, 0.15) is 12.2 Å². The first kappa shape index (κ1) is 10.7. The van der Waals surface area contributed by atoms with E-state index in [1.807, 2.05) is 18.5 Å². The molecular formula is C6H11Cl2N3. The molecule has 1 aromatic rings. The fourth-order valence-electron chi connectivity index (χ4n) is 0.801. The van der Waals surface area contributed by atoms with Crippen LogP contribution >= 0.6 is 24.0 Å². The predicted octanol–water partition coefficient (Wildman–Crippen LogP) is 2.02. The summed E-state index contributed by atoms with van der Waals surface area (Å²) >= 11 is 5.59. The van der Waals surface area contributed by atoms with E-state index in [9.17, 15) is 0 Å². The van der Waals surface area contributed by atoms with Crippen LogP contribution in [0.25, 0.3) is 0 Å². The molecule has 0 aromatic carbocycles. The normalized spacial score (nSPS) is 9.82. The highest BCUT2D eigenvalue weighted by Crippen LogP contribution is 2.06. The zero-order chi connectivity index (χ0) is 7.56. The van der Waals surface area contributed by atoms with Crippen LogP contribution in [0.2, 0.25) is 0 Å². The summed E-state index contributed by atoms with van der Waals surface area (Å²) in [6.07, 6.45) is 1.53. The topological polar surface area (TPSA) is 30.7 Å². The van der Waals surface area contributed by atoms with Gasteiger partial charge in [-0.1, -0.05) is 0 Å². The molecule has 0 saturated carbocycles. The van der Waals surface area contributed by atoms with E-state index in [2.05, 4.69) is 10.1 Å². The van der Waals surface area contributed by atoms with E-state index < -0.39 is 0 Å². The van der Waals surface area contributed by atoms with E-state index in [4.69, 9.17) is 11.6 Å². The fraction of sp³-hybridized carbons (Fsp3) is 0.667. The minimum Gasteiger partial charge on any atom is -0.246 e. The van der Waals surface area contributed by atoms with Crippen molar-refractivity contribution in [1.29, 1.82) is 0 Å². The van der Waals surface area contributed by atoms with Gasteiger partial charge in [-0.05, 0) is 13.8 Å². The quantitative estimate of drug-likeness (QED) is 0.677. The Morgan fingerprint density at radius 3 is 2.64 bits per heavy atom. The van der Waals surface area contributed by atoms with E-state index in [1.165, 1.54) is 6.33 Å². The van der Waals surface area contributed by atoms with Crippen molar-refractivity contribution in [2.75, 3.05) is 0 Å². The van der Waals surface area contributed by atoms with Crippen LogP contribution in [0.4, 0.5) is 0 Å². The lowest BCUT2D eigenvalue weighted by Gasteiger charge is -2.05. The van der Waals surface area contributed by atoms with E-state index in [0.717, 1.165) is 5.82 Å². The summed E-state index contributed by atoms with van der Waals surface area (Å²) in [6, 6.07) is 0.344. The smallest absolute Gasteiger partial charge is 0.142 e. The van der Waals surface area contributed by atoms with Gasteiger partial charge in [0.2, 0.25) is 0 Å². The average Bonchev–Trinajstić information content (AvgIpc) is 2.33. The molecule has 11 heavy (non-hydrogen) atoms. The molecule has 5 heteroatoms. The molecule has 0 unspecified atom stereocenters. The van der Waals surface area contributed by atoms with Crippen molar-refractivity contribution in [3.05, 3.63) is 12.2 Å². The monoisotopic (exact) mass is 195 g/mol. The van der Waals surface area contributed by atoms with Crippen molar-refractivity contribution in [2.24, 2.45) is 0 Å². The number of nitrogens with zero attached hydrogens (tertiary/aromatic N) is 3. The standard InChI is InChI=1S/C6H10ClN3.ClH/c1-5(2)10-6(3-7)8-4-9-10;/h4-5H,3H2,1-2H3;1H. The molecule has 0 bridgehead atoms. The van der Waals surface area contributed by atoms with Crippen LogP contribution < -0.4 is 0 Å². The Hall–Kier alpha value is -0.280. The van der Waals surface area contributed by atoms with Crippen LogP contribution in [0, 0.1) is 0 Å². The van der Waals surface area contributed by atoms with Crippen LogP contribution in [-0.2, 0) is 5.88 Å². The molecule has 1 aromatic heterocycles. The van der Waals surface area contributed by atoms with Crippen molar-refractivity contribution in [3.63, 3.8) is 0 Å². The molecule has 0 amide bonds. The summed E-state index contributed by atoms with van der Waals surface area (Å²) in [4.78, 5) is 3.98. The van der Waals surface area contributed by atoms with Crippen molar-refractivity contribution in [2.45, 2.75) is 25.8 Å². The molecule has 0 aliphatic rings. The first-order chi connectivity index (χ1) is 4.75. The molecule has 3 nitrogen and oxygen atoms in total. The molecule has 0 spiro atoms. The number of hydrogen-bond donors (Lipinski definition) is 0. The highest BCUT2D eigenvalue weighted by Gasteiger charge is 2.04.